The van der Waals surface area contributed by atoms with E-state index in [2.05, 4.69) is 4.98 Å². The third kappa shape index (κ3) is 3.89. The highest BCUT2D eigenvalue weighted by Crippen LogP contribution is 2.16. The molecule has 2 heterocycles. The number of aromatic nitrogens is 1. The number of pyridine rings is 1. The quantitative estimate of drug-likeness (QED) is 0.745. The molecule has 1 amide bonds. The van der Waals surface area contributed by atoms with E-state index in [-0.39, 0.29) is 12.0 Å². The van der Waals surface area contributed by atoms with Crippen LogP contribution in [0.3, 0.4) is 0 Å². The van der Waals surface area contributed by atoms with Gasteiger partial charge in [-0.1, -0.05) is 11.6 Å². The minimum Gasteiger partial charge on any atom is -0.385 e. The molecule has 6 heteroatoms. The number of ether oxygens (including phenoxy) is 2. The molecule has 0 saturated carbocycles. The lowest BCUT2D eigenvalue weighted by molar-refractivity contribution is -0.0466. The van der Waals surface area contributed by atoms with Crippen molar-refractivity contribution in [2.45, 2.75) is 12.5 Å². The molecule has 1 aliphatic rings. The van der Waals surface area contributed by atoms with E-state index in [1.165, 1.54) is 6.20 Å². The van der Waals surface area contributed by atoms with Gasteiger partial charge in [-0.15, -0.1) is 0 Å². The molecule has 0 atom stereocenters. The van der Waals surface area contributed by atoms with Gasteiger partial charge in [0.25, 0.3) is 5.91 Å². The van der Waals surface area contributed by atoms with Gasteiger partial charge in [-0.05, 0) is 18.6 Å². The molecule has 2 rings (SSSR count). The van der Waals surface area contributed by atoms with E-state index in [0.29, 0.717) is 37.0 Å². The molecule has 0 N–H and O–H groups in total. The third-order valence-electron chi connectivity index (χ3n) is 2.93. The Morgan fingerprint density at radius 2 is 2.26 bits per heavy atom. The van der Waals surface area contributed by atoms with Crippen LogP contribution in [0.4, 0.5) is 0 Å². The first kappa shape index (κ1) is 14.2. The van der Waals surface area contributed by atoms with Gasteiger partial charge in [-0.3, -0.25) is 4.79 Å². The molecular weight excluding hydrogens is 268 g/mol. The van der Waals surface area contributed by atoms with Gasteiger partial charge in [-0.25, -0.2) is 4.98 Å². The summed E-state index contributed by atoms with van der Waals surface area (Å²) in [5.74, 6) is -0.0755. The summed E-state index contributed by atoms with van der Waals surface area (Å²) >= 11 is 5.73. The summed E-state index contributed by atoms with van der Waals surface area (Å²) in [4.78, 5) is 17.7. The van der Waals surface area contributed by atoms with Gasteiger partial charge >= 0.3 is 0 Å². The van der Waals surface area contributed by atoms with Crippen LogP contribution in [0.15, 0.2) is 18.3 Å². The van der Waals surface area contributed by atoms with Crippen molar-refractivity contribution >= 4 is 17.5 Å². The van der Waals surface area contributed by atoms with Crippen LogP contribution in [-0.2, 0) is 9.47 Å². The van der Waals surface area contributed by atoms with Crippen LogP contribution in [0.5, 0.6) is 0 Å². The van der Waals surface area contributed by atoms with Gasteiger partial charge < -0.3 is 14.4 Å². The molecule has 0 radical (unpaired) electrons. The van der Waals surface area contributed by atoms with Crippen LogP contribution in [0, 0.1) is 0 Å². The maximum atomic E-state index is 12.0. The lowest BCUT2D eigenvalue weighted by Gasteiger charge is -2.38. The number of halogens is 1. The Labute approximate surface area is 117 Å². The standard InChI is InChI=1S/C13H17ClN2O3/c1-18-5-2-6-19-11-8-16(9-11)13(17)12-4-3-10(14)7-15-12/h3-4,7,11H,2,5-6,8-9H2,1H3. The third-order valence-corrected chi connectivity index (χ3v) is 3.15. The molecule has 0 bridgehead atoms. The van der Waals surface area contributed by atoms with Crippen molar-refractivity contribution in [2.24, 2.45) is 0 Å². The minimum atomic E-state index is -0.0755. The smallest absolute Gasteiger partial charge is 0.272 e. The van der Waals surface area contributed by atoms with E-state index in [9.17, 15) is 4.79 Å². The summed E-state index contributed by atoms with van der Waals surface area (Å²) in [7, 11) is 1.67. The Balaban J connectivity index is 1.71. The summed E-state index contributed by atoms with van der Waals surface area (Å²) in [5.41, 5.74) is 0.419. The number of rotatable bonds is 6. The number of amides is 1. The van der Waals surface area contributed by atoms with Gasteiger partial charge in [-0.2, -0.15) is 0 Å². The van der Waals surface area contributed by atoms with Crippen molar-refractivity contribution < 1.29 is 14.3 Å². The number of hydrogen-bond donors (Lipinski definition) is 0. The van der Waals surface area contributed by atoms with E-state index < -0.39 is 0 Å². The summed E-state index contributed by atoms with van der Waals surface area (Å²) < 4.78 is 10.5. The topological polar surface area (TPSA) is 51.7 Å². The van der Waals surface area contributed by atoms with Crippen molar-refractivity contribution in [1.82, 2.24) is 9.88 Å². The van der Waals surface area contributed by atoms with Gasteiger partial charge in [0.05, 0.1) is 11.1 Å². The monoisotopic (exact) mass is 284 g/mol. The Kier molecular flexibility index (Phi) is 5.13. The highest BCUT2D eigenvalue weighted by atomic mass is 35.5. The van der Waals surface area contributed by atoms with Gasteiger partial charge in [0, 0.05) is 39.6 Å². The number of carbonyl (C=O) groups is 1. The van der Waals surface area contributed by atoms with Crippen LogP contribution in [-0.4, -0.2) is 55.3 Å². The first-order chi connectivity index (χ1) is 9.20. The summed E-state index contributed by atoms with van der Waals surface area (Å²) in [6, 6.07) is 3.30. The number of hydrogen-bond acceptors (Lipinski definition) is 4. The lowest BCUT2D eigenvalue weighted by atomic mass is 10.1. The van der Waals surface area contributed by atoms with Crippen molar-refractivity contribution in [3.63, 3.8) is 0 Å². The SMILES string of the molecule is COCCCOC1CN(C(=O)c2ccc(Cl)cn2)C1. The molecule has 1 aromatic heterocycles. The van der Waals surface area contributed by atoms with Gasteiger partial charge in [0.2, 0.25) is 0 Å². The molecule has 1 fully saturated rings. The number of carbonyl (C=O) groups excluding carboxylic acids is 1. The van der Waals surface area contributed by atoms with E-state index in [0.717, 1.165) is 6.42 Å². The molecule has 104 valence electrons. The Morgan fingerprint density at radius 3 is 2.89 bits per heavy atom. The Bertz CT molecular complexity index is 418. The van der Waals surface area contributed by atoms with Crippen LogP contribution >= 0.6 is 11.6 Å². The predicted octanol–water partition coefficient (Wildman–Crippen LogP) is 1.61. The first-order valence-electron chi connectivity index (χ1n) is 6.22. The average molecular weight is 285 g/mol. The minimum absolute atomic E-state index is 0.0755. The maximum absolute atomic E-state index is 12.0. The lowest BCUT2D eigenvalue weighted by Crippen LogP contribution is -2.55. The number of methoxy groups -OCH3 is 1. The van der Waals surface area contributed by atoms with Gasteiger partial charge in [0.1, 0.15) is 5.69 Å². The Hall–Kier alpha value is -1.17. The second kappa shape index (κ2) is 6.84. The van der Waals surface area contributed by atoms with Crippen LogP contribution < -0.4 is 0 Å². The predicted molar refractivity (Wildman–Crippen MR) is 71.4 cm³/mol. The van der Waals surface area contributed by atoms with Crippen LogP contribution in [0.1, 0.15) is 16.9 Å². The van der Waals surface area contributed by atoms with Crippen LogP contribution in [0.25, 0.3) is 0 Å². The fourth-order valence-electron chi connectivity index (χ4n) is 1.83. The second-order valence-corrected chi connectivity index (χ2v) is 4.85. The fourth-order valence-corrected chi connectivity index (χ4v) is 1.94. The zero-order valence-electron chi connectivity index (χ0n) is 10.8. The zero-order valence-corrected chi connectivity index (χ0v) is 11.6. The van der Waals surface area contributed by atoms with Crippen molar-refractivity contribution in [3.05, 3.63) is 29.0 Å². The largest absolute Gasteiger partial charge is 0.385 e. The van der Waals surface area contributed by atoms with Crippen molar-refractivity contribution in [2.75, 3.05) is 33.4 Å². The van der Waals surface area contributed by atoms with E-state index in [4.69, 9.17) is 21.1 Å². The molecular formula is C13H17ClN2O3. The molecule has 1 saturated heterocycles. The molecule has 0 spiro atoms. The normalized spacial score (nSPS) is 15.4. The molecule has 1 aromatic rings. The highest BCUT2D eigenvalue weighted by Gasteiger charge is 2.32. The first-order valence-corrected chi connectivity index (χ1v) is 6.60. The number of likely N-dealkylation sites (tertiary alicyclic amines) is 1. The fraction of sp³-hybridized carbons (Fsp3) is 0.538. The molecule has 19 heavy (non-hydrogen) atoms. The summed E-state index contributed by atoms with van der Waals surface area (Å²) in [6.07, 6.45) is 2.49. The molecule has 0 aromatic carbocycles. The van der Waals surface area contributed by atoms with E-state index >= 15 is 0 Å². The summed E-state index contributed by atoms with van der Waals surface area (Å²) in [6.45, 7) is 2.61. The molecule has 0 unspecified atom stereocenters. The molecule has 5 nitrogen and oxygen atoms in total. The molecule has 1 aliphatic heterocycles. The van der Waals surface area contributed by atoms with Crippen molar-refractivity contribution in [3.8, 4) is 0 Å². The van der Waals surface area contributed by atoms with Crippen molar-refractivity contribution in [1.29, 1.82) is 0 Å². The Morgan fingerprint density at radius 1 is 1.47 bits per heavy atom. The average Bonchev–Trinajstić information content (AvgIpc) is 2.36. The van der Waals surface area contributed by atoms with E-state index in [1.54, 1.807) is 24.1 Å². The maximum Gasteiger partial charge on any atom is 0.272 e. The van der Waals surface area contributed by atoms with Crippen LogP contribution in [0.2, 0.25) is 5.02 Å². The zero-order chi connectivity index (χ0) is 13.7. The number of nitrogens with zero attached hydrogens (tertiary/aromatic N) is 2. The summed E-state index contributed by atoms with van der Waals surface area (Å²) in [5, 5.41) is 0.527. The van der Waals surface area contributed by atoms with Gasteiger partial charge in [0.15, 0.2) is 0 Å². The van der Waals surface area contributed by atoms with E-state index in [1.807, 2.05) is 0 Å². The highest BCUT2D eigenvalue weighted by molar-refractivity contribution is 6.30. The second-order valence-electron chi connectivity index (χ2n) is 4.41. The molecule has 0 aliphatic carbocycles.